The minimum absolute atomic E-state index is 0.135. The van der Waals surface area contributed by atoms with Crippen molar-refractivity contribution < 1.29 is 4.79 Å². The van der Waals surface area contributed by atoms with E-state index >= 15 is 0 Å². The van der Waals surface area contributed by atoms with Crippen LogP contribution in [0.4, 0.5) is 0 Å². The first-order chi connectivity index (χ1) is 10.6. The fourth-order valence-corrected chi connectivity index (χ4v) is 3.18. The lowest BCUT2D eigenvalue weighted by molar-refractivity contribution is -0.125. The monoisotopic (exact) mass is 302 g/mol. The molecule has 3 rings (SSSR count). The Morgan fingerprint density at radius 1 is 1.41 bits per heavy atom. The van der Waals surface area contributed by atoms with Gasteiger partial charge in [0.25, 0.3) is 5.56 Å². The van der Waals surface area contributed by atoms with Gasteiger partial charge in [0.1, 0.15) is 17.9 Å². The van der Waals surface area contributed by atoms with Crippen LogP contribution in [0.5, 0.6) is 0 Å². The van der Waals surface area contributed by atoms with Crippen LogP contribution < -0.4 is 10.9 Å². The summed E-state index contributed by atoms with van der Waals surface area (Å²) in [4.78, 5) is 24.9. The van der Waals surface area contributed by atoms with E-state index in [1.165, 1.54) is 11.1 Å². The second kappa shape index (κ2) is 5.94. The second-order valence-electron chi connectivity index (χ2n) is 6.23. The number of carbonyl (C=O) groups excluding carboxylic acids is 1. The average molecular weight is 302 g/mol. The Kier molecular flexibility index (Phi) is 4.00. The molecule has 1 amide bonds. The Labute approximate surface area is 129 Å². The van der Waals surface area contributed by atoms with Crippen molar-refractivity contribution in [2.24, 2.45) is 5.92 Å². The van der Waals surface area contributed by atoms with E-state index in [2.05, 4.69) is 17.3 Å². The van der Waals surface area contributed by atoms with E-state index in [0.29, 0.717) is 11.4 Å². The molecule has 1 aliphatic carbocycles. The largest absolute Gasteiger partial charge is 0.351 e. The zero-order chi connectivity index (χ0) is 15.7. The van der Waals surface area contributed by atoms with Gasteiger partial charge in [-0.2, -0.15) is 5.10 Å². The quantitative estimate of drug-likeness (QED) is 0.939. The van der Waals surface area contributed by atoms with Gasteiger partial charge in [-0.3, -0.25) is 9.59 Å². The normalized spacial score (nSPS) is 23.4. The summed E-state index contributed by atoms with van der Waals surface area (Å²) in [6, 6.07) is 3.11. The fraction of sp³-hybridized carbons (Fsp3) is 0.562. The molecule has 2 aromatic rings. The van der Waals surface area contributed by atoms with Gasteiger partial charge >= 0.3 is 0 Å². The molecule has 1 fully saturated rings. The summed E-state index contributed by atoms with van der Waals surface area (Å²) in [5.41, 5.74) is 0.285. The number of rotatable bonds is 3. The van der Waals surface area contributed by atoms with Gasteiger partial charge in [0.2, 0.25) is 5.91 Å². The first kappa shape index (κ1) is 14.8. The lowest BCUT2D eigenvalue weighted by Gasteiger charge is -2.30. The highest BCUT2D eigenvalue weighted by atomic mass is 16.2. The van der Waals surface area contributed by atoms with Gasteiger partial charge in [0, 0.05) is 12.2 Å². The number of amides is 1. The Balaban J connectivity index is 1.79. The number of nitrogens with zero attached hydrogens (tertiary/aromatic N) is 3. The maximum atomic E-state index is 12.5. The van der Waals surface area contributed by atoms with Crippen molar-refractivity contribution in [3.63, 3.8) is 0 Å². The van der Waals surface area contributed by atoms with Crippen LogP contribution in [0.2, 0.25) is 0 Å². The first-order valence-electron chi connectivity index (χ1n) is 7.93. The molecule has 118 valence electrons. The van der Waals surface area contributed by atoms with Crippen LogP contribution in [0.1, 0.15) is 45.6 Å². The molecule has 0 saturated heterocycles. The Bertz CT molecular complexity index is 733. The van der Waals surface area contributed by atoms with E-state index < -0.39 is 6.04 Å². The third-order valence-electron chi connectivity index (χ3n) is 4.69. The van der Waals surface area contributed by atoms with Crippen molar-refractivity contribution in [3.8, 4) is 0 Å². The summed E-state index contributed by atoms with van der Waals surface area (Å²) in [7, 11) is 0. The van der Waals surface area contributed by atoms with Gasteiger partial charge in [-0.05, 0) is 37.8 Å². The van der Waals surface area contributed by atoms with Crippen LogP contribution in [-0.4, -0.2) is 26.1 Å². The van der Waals surface area contributed by atoms with E-state index in [4.69, 9.17) is 0 Å². The van der Waals surface area contributed by atoms with Crippen LogP contribution >= 0.6 is 0 Å². The summed E-state index contributed by atoms with van der Waals surface area (Å²) >= 11 is 0. The van der Waals surface area contributed by atoms with E-state index in [1.807, 2.05) is 0 Å². The Hall–Kier alpha value is -2.11. The lowest BCUT2D eigenvalue weighted by Crippen LogP contribution is -2.45. The van der Waals surface area contributed by atoms with Crippen LogP contribution in [0.3, 0.4) is 0 Å². The summed E-state index contributed by atoms with van der Waals surface area (Å²) < 4.78 is 2.92. The smallest absolute Gasteiger partial charge is 0.291 e. The highest BCUT2D eigenvalue weighted by Gasteiger charge is 2.26. The molecule has 0 aliphatic heterocycles. The van der Waals surface area contributed by atoms with Crippen LogP contribution in [-0.2, 0) is 4.79 Å². The zero-order valence-corrected chi connectivity index (χ0v) is 13.0. The number of nitrogens with one attached hydrogen (secondary N) is 1. The predicted molar refractivity (Wildman–Crippen MR) is 83.7 cm³/mol. The molecule has 0 bridgehead atoms. The standard InChI is InChI=1S/C16H22N4O2/c1-11-6-3-4-7-13(11)18-15(21)12(2)20-16(22)14-8-5-9-19(14)10-17-20/h5,8-13H,3-4,6-7H2,1-2H3,(H,18,21)/t11-,12+,13+/m1/s1. The Morgan fingerprint density at radius 3 is 2.95 bits per heavy atom. The third-order valence-corrected chi connectivity index (χ3v) is 4.69. The molecule has 6 heteroatoms. The van der Waals surface area contributed by atoms with Crippen LogP contribution in [0, 0.1) is 5.92 Å². The molecule has 2 heterocycles. The summed E-state index contributed by atoms with van der Waals surface area (Å²) in [5, 5.41) is 7.21. The van der Waals surface area contributed by atoms with Crippen molar-refractivity contribution in [3.05, 3.63) is 35.0 Å². The van der Waals surface area contributed by atoms with Crippen molar-refractivity contribution in [1.82, 2.24) is 19.5 Å². The number of carbonyl (C=O) groups is 1. The maximum absolute atomic E-state index is 12.5. The minimum atomic E-state index is -0.610. The van der Waals surface area contributed by atoms with Gasteiger partial charge in [0.05, 0.1) is 0 Å². The SMILES string of the molecule is C[C@@H]1CCCC[C@@H]1NC(=O)[C@H](C)n1ncn2cccc2c1=O. The minimum Gasteiger partial charge on any atom is -0.351 e. The second-order valence-corrected chi connectivity index (χ2v) is 6.23. The molecule has 22 heavy (non-hydrogen) atoms. The van der Waals surface area contributed by atoms with Crippen molar-refractivity contribution >= 4 is 11.4 Å². The molecule has 0 radical (unpaired) electrons. The molecule has 1 saturated carbocycles. The van der Waals surface area contributed by atoms with E-state index in [9.17, 15) is 9.59 Å². The first-order valence-corrected chi connectivity index (χ1v) is 7.93. The van der Waals surface area contributed by atoms with Crippen molar-refractivity contribution in [2.75, 3.05) is 0 Å². The number of aromatic nitrogens is 3. The summed E-state index contributed by atoms with van der Waals surface area (Å²) in [6.45, 7) is 3.89. The molecule has 2 aromatic heterocycles. The third kappa shape index (κ3) is 2.65. The lowest BCUT2D eigenvalue weighted by atomic mass is 9.86. The highest BCUT2D eigenvalue weighted by Crippen LogP contribution is 2.24. The molecular formula is C16H22N4O2. The average Bonchev–Trinajstić information content (AvgIpc) is 2.99. The van der Waals surface area contributed by atoms with E-state index in [-0.39, 0.29) is 17.5 Å². The molecule has 1 N–H and O–H groups in total. The molecular weight excluding hydrogens is 280 g/mol. The van der Waals surface area contributed by atoms with Crippen LogP contribution in [0.25, 0.3) is 5.52 Å². The maximum Gasteiger partial charge on any atom is 0.291 e. The highest BCUT2D eigenvalue weighted by molar-refractivity contribution is 5.80. The van der Waals surface area contributed by atoms with Crippen molar-refractivity contribution in [2.45, 2.75) is 51.6 Å². The molecule has 6 nitrogen and oxygen atoms in total. The predicted octanol–water partition coefficient (Wildman–Crippen LogP) is 1.75. The van der Waals surface area contributed by atoms with Gasteiger partial charge in [-0.1, -0.05) is 19.8 Å². The molecule has 0 unspecified atom stereocenters. The van der Waals surface area contributed by atoms with Crippen molar-refractivity contribution in [1.29, 1.82) is 0 Å². The topological polar surface area (TPSA) is 68.4 Å². The van der Waals surface area contributed by atoms with Crippen LogP contribution in [0.15, 0.2) is 29.5 Å². The molecule has 3 atom stereocenters. The number of fused-ring (bicyclic) bond motifs is 1. The van der Waals surface area contributed by atoms with Gasteiger partial charge in [0.15, 0.2) is 0 Å². The number of hydrogen-bond donors (Lipinski definition) is 1. The van der Waals surface area contributed by atoms with E-state index in [1.54, 1.807) is 36.0 Å². The molecule has 0 spiro atoms. The number of hydrogen-bond acceptors (Lipinski definition) is 3. The molecule has 0 aromatic carbocycles. The fourth-order valence-electron chi connectivity index (χ4n) is 3.18. The van der Waals surface area contributed by atoms with Gasteiger partial charge in [-0.15, -0.1) is 0 Å². The van der Waals surface area contributed by atoms with E-state index in [0.717, 1.165) is 19.3 Å². The zero-order valence-electron chi connectivity index (χ0n) is 13.0. The van der Waals surface area contributed by atoms with Gasteiger partial charge in [-0.25, -0.2) is 4.68 Å². The van der Waals surface area contributed by atoms with Gasteiger partial charge < -0.3 is 9.72 Å². The Morgan fingerprint density at radius 2 is 2.18 bits per heavy atom. The molecule has 1 aliphatic rings. The summed E-state index contributed by atoms with van der Waals surface area (Å²) in [6.07, 6.45) is 7.87. The summed E-state index contributed by atoms with van der Waals surface area (Å²) in [5.74, 6) is 0.354.